The summed E-state index contributed by atoms with van der Waals surface area (Å²) < 4.78 is 0. The monoisotopic (exact) mass is 320 g/mol. The van der Waals surface area contributed by atoms with E-state index in [4.69, 9.17) is 0 Å². The van der Waals surface area contributed by atoms with Crippen molar-refractivity contribution in [3.63, 3.8) is 0 Å². The lowest BCUT2D eigenvalue weighted by Gasteiger charge is -2.14. The minimum absolute atomic E-state index is 0.514. The molecule has 0 amide bonds. The Morgan fingerprint density at radius 2 is 1.83 bits per heavy atom. The van der Waals surface area contributed by atoms with E-state index < -0.39 is 6.10 Å². The van der Waals surface area contributed by atoms with Crippen molar-refractivity contribution >= 4 is 23.1 Å². The van der Waals surface area contributed by atoms with Gasteiger partial charge in [0.15, 0.2) is 0 Å². The minimum atomic E-state index is -0.555. The van der Waals surface area contributed by atoms with E-state index in [-0.39, 0.29) is 0 Å². The van der Waals surface area contributed by atoms with E-state index in [1.165, 1.54) is 5.56 Å². The van der Waals surface area contributed by atoms with Crippen LogP contribution in [0.25, 0.3) is 0 Å². The van der Waals surface area contributed by atoms with Gasteiger partial charge in [0, 0.05) is 23.1 Å². The van der Waals surface area contributed by atoms with Crippen LogP contribution >= 0.6 is 0 Å². The molecular formula is C19H20N4O. The third-order valence-electron chi connectivity index (χ3n) is 3.60. The van der Waals surface area contributed by atoms with Crippen LogP contribution in [0, 0.1) is 6.92 Å². The number of benzene rings is 2. The van der Waals surface area contributed by atoms with Gasteiger partial charge in [0.2, 0.25) is 5.95 Å². The van der Waals surface area contributed by atoms with Crippen LogP contribution < -0.4 is 10.6 Å². The molecule has 0 spiro atoms. The number of aryl methyl sites for hydroxylation is 1. The zero-order chi connectivity index (χ0) is 16.9. The Labute approximate surface area is 141 Å². The average Bonchev–Trinajstić information content (AvgIpc) is 2.55. The number of para-hydroxylation sites is 1. The van der Waals surface area contributed by atoms with Crippen LogP contribution in [0.15, 0.2) is 60.8 Å². The largest absolute Gasteiger partial charge is 0.389 e. The first-order chi connectivity index (χ1) is 11.6. The number of anilines is 4. The molecule has 5 nitrogen and oxygen atoms in total. The van der Waals surface area contributed by atoms with Gasteiger partial charge in [0.05, 0.1) is 6.10 Å². The highest BCUT2D eigenvalue weighted by Crippen LogP contribution is 2.25. The number of aliphatic hydroxyl groups excluding tert-OH is 1. The molecule has 1 aromatic heterocycles. The van der Waals surface area contributed by atoms with Gasteiger partial charge in [-0.05, 0) is 43.7 Å². The highest BCUT2D eigenvalue weighted by atomic mass is 16.3. The van der Waals surface area contributed by atoms with Gasteiger partial charge in [-0.25, -0.2) is 4.98 Å². The number of nitrogens with one attached hydrogen (secondary N) is 2. The highest BCUT2D eigenvalue weighted by Gasteiger charge is 2.08. The highest BCUT2D eigenvalue weighted by molar-refractivity contribution is 5.62. The van der Waals surface area contributed by atoms with Crippen molar-refractivity contribution < 1.29 is 5.11 Å². The molecule has 0 bridgehead atoms. The quantitative estimate of drug-likeness (QED) is 0.653. The number of hydrogen-bond donors (Lipinski definition) is 3. The van der Waals surface area contributed by atoms with Crippen LogP contribution in [0.4, 0.5) is 23.1 Å². The minimum Gasteiger partial charge on any atom is -0.389 e. The molecule has 1 heterocycles. The van der Waals surface area contributed by atoms with Crippen LogP contribution in [0.3, 0.4) is 0 Å². The maximum Gasteiger partial charge on any atom is 0.229 e. The molecule has 122 valence electrons. The second kappa shape index (κ2) is 7.10. The Bertz CT molecular complexity index is 833. The summed E-state index contributed by atoms with van der Waals surface area (Å²) in [6, 6.07) is 17.4. The summed E-state index contributed by atoms with van der Waals surface area (Å²) in [7, 11) is 0. The van der Waals surface area contributed by atoms with Gasteiger partial charge in [0.1, 0.15) is 5.82 Å². The number of aromatic nitrogens is 2. The Hall–Kier alpha value is -2.92. The molecule has 0 fully saturated rings. The van der Waals surface area contributed by atoms with Crippen LogP contribution in [0.2, 0.25) is 0 Å². The lowest BCUT2D eigenvalue weighted by molar-refractivity contribution is 0.200. The fourth-order valence-corrected chi connectivity index (χ4v) is 2.45. The molecule has 1 unspecified atom stereocenters. The van der Waals surface area contributed by atoms with Gasteiger partial charge in [-0.15, -0.1) is 0 Å². The first kappa shape index (κ1) is 16.0. The predicted molar refractivity (Wildman–Crippen MR) is 96.9 cm³/mol. The Balaban J connectivity index is 1.81. The van der Waals surface area contributed by atoms with E-state index >= 15 is 0 Å². The second-order valence-electron chi connectivity index (χ2n) is 5.65. The van der Waals surface area contributed by atoms with E-state index in [9.17, 15) is 5.11 Å². The number of nitrogens with zero attached hydrogens (tertiary/aromatic N) is 2. The van der Waals surface area contributed by atoms with Crippen LogP contribution in [0.1, 0.15) is 24.2 Å². The van der Waals surface area contributed by atoms with Crippen molar-refractivity contribution in [2.75, 3.05) is 10.6 Å². The molecule has 5 heteroatoms. The van der Waals surface area contributed by atoms with Crippen LogP contribution in [-0.4, -0.2) is 15.1 Å². The maximum atomic E-state index is 9.87. The van der Waals surface area contributed by atoms with E-state index in [1.807, 2.05) is 55.5 Å². The fourth-order valence-electron chi connectivity index (χ4n) is 2.45. The zero-order valence-electron chi connectivity index (χ0n) is 13.7. The molecular weight excluding hydrogens is 300 g/mol. The smallest absolute Gasteiger partial charge is 0.229 e. The van der Waals surface area contributed by atoms with Gasteiger partial charge < -0.3 is 15.7 Å². The molecule has 0 aliphatic heterocycles. The van der Waals surface area contributed by atoms with Gasteiger partial charge >= 0.3 is 0 Å². The molecule has 0 saturated carbocycles. The third kappa shape index (κ3) is 3.88. The molecule has 0 aliphatic rings. The van der Waals surface area contributed by atoms with Gasteiger partial charge in [-0.1, -0.05) is 30.3 Å². The first-order valence-electron chi connectivity index (χ1n) is 7.82. The van der Waals surface area contributed by atoms with E-state index in [1.54, 1.807) is 19.2 Å². The molecule has 3 N–H and O–H groups in total. The molecule has 3 rings (SSSR count). The second-order valence-corrected chi connectivity index (χ2v) is 5.65. The maximum absolute atomic E-state index is 9.87. The molecule has 0 radical (unpaired) electrons. The van der Waals surface area contributed by atoms with Crippen molar-refractivity contribution in [2.24, 2.45) is 0 Å². The van der Waals surface area contributed by atoms with Crippen molar-refractivity contribution in [1.29, 1.82) is 0 Å². The SMILES string of the molecule is Cc1cccc(Nc2nccc(Nc3ccccc3C(C)O)n2)c1. The summed E-state index contributed by atoms with van der Waals surface area (Å²) in [5.74, 6) is 1.17. The summed E-state index contributed by atoms with van der Waals surface area (Å²) in [5, 5.41) is 16.3. The fraction of sp³-hybridized carbons (Fsp3) is 0.158. The molecule has 3 aromatic rings. The van der Waals surface area contributed by atoms with Gasteiger partial charge in [0.25, 0.3) is 0 Å². The Morgan fingerprint density at radius 3 is 2.62 bits per heavy atom. The third-order valence-corrected chi connectivity index (χ3v) is 3.60. The van der Waals surface area contributed by atoms with E-state index in [0.29, 0.717) is 11.8 Å². The number of aliphatic hydroxyl groups is 1. The van der Waals surface area contributed by atoms with Crippen molar-refractivity contribution in [2.45, 2.75) is 20.0 Å². The van der Waals surface area contributed by atoms with E-state index in [0.717, 1.165) is 16.9 Å². The van der Waals surface area contributed by atoms with Crippen molar-refractivity contribution in [3.05, 3.63) is 71.9 Å². The number of hydrogen-bond acceptors (Lipinski definition) is 5. The molecule has 24 heavy (non-hydrogen) atoms. The van der Waals surface area contributed by atoms with Gasteiger partial charge in [-0.2, -0.15) is 4.98 Å². The molecule has 2 aromatic carbocycles. The summed E-state index contributed by atoms with van der Waals surface area (Å²) in [6.45, 7) is 3.78. The number of rotatable bonds is 5. The normalized spacial score (nSPS) is 11.8. The summed E-state index contributed by atoms with van der Waals surface area (Å²) in [6.07, 6.45) is 1.14. The first-order valence-corrected chi connectivity index (χ1v) is 7.82. The average molecular weight is 320 g/mol. The molecule has 0 aliphatic carbocycles. The summed E-state index contributed by atoms with van der Waals surface area (Å²) >= 11 is 0. The van der Waals surface area contributed by atoms with E-state index in [2.05, 4.69) is 20.6 Å². The van der Waals surface area contributed by atoms with Crippen LogP contribution in [0.5, 0.6) is 0 Å². The van der Waals surface area contributed by atoms with Gasteiger partial charge in [-0.3, -0.25) is 0 Å². The summed E-state index contributed by atoms with van der Waals surface area (Å²) in [5.41, 5.74) is 3.76. The topological polar surface area (TPSA) is 70.1 Å². The lowest BCUT2D eigenvalue weighted by Crippen LogP contribution is -2.03. The predicted octanol–water partition coefficient (Wildman–Crippen LogP) is 4.33. The van der Waals surface area contributed by atoms with Crippen LogP contribution in [-0.2, 0) is 0 Å². The molecule has 0 saturated heterocycles. The van der Waals surface area contributed by atoms with Crippen molar-refractivity contribution in [3.8, 4) is 0 Å². The standard InChI is InChI=1S/C19H20N4O/c1-13-6-5-7-15(12-13)21-19-20-11-10-18(23-19)22-17-9-4-3-8-16(17)14(2)24/h3-12,14,24H,1-2H3,(H2,20,21,22,23). The Morgan fingerprint density at radius 1 is 1.00 bits per heavy atom. The summed E-state index contributed by atoms with van der Waals surface area (Å²) in [4.78, 5) is 8.73. The molecule has 1 atom stereocenters. The van der Waals surface area contributed by atoms with Crippen molar-refractivity contribution in [1.82, 2.24) is 9.97 Å². The lowest BCUT2D eigenvalue weighted by atomic mass is 10.1. The zero-order valence-corrected chi connectivity index (χ0v) is 13.7. The Kier molecular flexibility index (Phi) is 4.72.